The Hall–Kier alpha value is -1.81. The molecular weight excluding hydrogens is 421 g/mol. The SMILES string of the molecule is COc1ccc([C@@H](O)[P@@](=O)(O[C@@H]2C[C@@H](C)CC[C@H]2C(C)C)c2ccc(N(C)C)cc2)cc1. The minimum absolute atomic E-state index is 0.147. The van der Waals surface area contributed by atoms with Crippen molar-refractivity contribution in [3.05, 3.63) is 54.1 Å². The van der Waals surface area contributed by atoms with Crippen LogP contribution in [0.1, 0.15) is 51.4 Å². The zero-order valence-corrected chi connectivity index (χ0v) is 21.1. The van der Waals surface area contributed by atoms with Crippen molar-refractivity contribution in [1.29, 1.82) is 0 Å². The van der Waals surface area contributed by atoms with Crippen LogP contribution in [0.4, 0.5) is 5.69 Å². The second kappa shape index (κ2) is 10.4. The van der Waals surface area contributed by atoms with Crippen LogP contribution in [0.5, 0.6) is 5.75 Å². The van der Waals surface area contributed by atoms with Gasteiger partial charge < -0.3 is 19.3 Å². The molecule has 1 saturated carbocycles. The third-order valence-corrected chi connectivity index (χ3v) is 9.26. The third kappa shape index (κ3) is 5.39. The molecule has 0 unspecified atom stereocenters. The molecule has 0 spiro atoms. The number of anilines is 1. The quantitative estimate of drug-likeness (QED) is 0.503. The average Bonchev–Trinajstić information content (AvgIpc) is 2.78. The van der Waals surface area contributed by atoms with Crippen LogP contribution in [0, 0.1) is 17.8 Å². The Bertz CT molecular complexity index is 910. The van der Waals surface area contributed by atoms with Gasteiger partial charge in [-0.05, 0) is 72.6 Å². The molecule has 1 N–H and O–H groups in total. The summed E-state index contributed by atoms with van der Waals surface area (Å²) in [5.41, 5.74) is 1.57. The van der Waals surface area contributed by atoms with E-state index in [0.717, 1.165) is 24.9 Å². The van der Waals surface area contributed by atoms with Gasteiger partial charge in [-0.15, -0.1) is 0 Å². The van der Waals surface area contributed by atoms with Gasteiger partial charge in [0.15, 0.2) is 5.85 Å². The number of nitrogens with zero attached hydrogens (tertiary/aromatic N) is 1. The van der Waals surface area contributed by atoms with Crippen LogP contribution < -0.4 is 14.9 Å². The summed E-state index contributed by atoms with van der Waals surface area (Å²) in [6.45, 7) is 6.63. The Morgan fingerprint density at radius 1 is 1.03 bits per heavy atom. The van der Waals surface area contributed by atoms with Crippen LogP contribution in [-0.2, 0) is 9.09 Å². The Kier molecular flexibility index (Phi) is 8.08. The summed E-state index contributed by atoms with van der Waals surface area (Å²) in [7, 11) is 1.90. The fourth-order valence-corrected chi connectivity index (χ4v) is 6.92. The third-order valence-electron chi connectivity index (χ3n) is 6.72. The molecule has 0 aliphatic heterocycles. The molecule has 5 nitrogen and oxygen atoms in total. The first kappa shape index (κ1) is 24.8. The Morgan fingerprint density at radius 2 is 1.66 bits per heavy atom. The fraction of sp³-hybridized carbons (Fsp3) is 0.538. The molecule has 2 aromatic carbocycles. The molecule has 2 aromatic rings. The van der Waals surface area contributed by atoms with Gasteiger partial charge in [-0.3, -0.25) is 4.57 Å². The van der Waals surface area contributed by atoms with Crippen LogP contribution in [0.25, 0.3) is 0 Å². The lowest BCUT2D eigenvalue weighted by Gasteiger charge is -2.40. The minimum Gasteiger partial charge on any atom is -0.497 e. The first-order chi connectivity index (χ1) is 15.2. The van der Waals surface area contributed by atoms with Crippen LogP contribution in [-0.4, -0.2) is 32.4 Å². The molecule has 0 amide bonds. The van der Waals surface area contributed by atoms with Crippen molar-refractivity contribution >= 4 is 18.4 Å². The van der Waals surface area contributed by atoms with E-state index in [1.807, 2.05) is 43.3 Å². The molecule has 0 bridgehead atoms. The van der Waals surface area contributed by atoms with E-state index in [9.17, 15) is 9.67 Å². The largest absolute Gasteiger partial charge is 0.497 e. The summed E-state index contributed by atoms with van der Waals surface area (Å²) in [6, 6.07) is 14.6. The predicted octanol–water partition coefficient (Wildman–Crippen LogP) is 5.83. The lowest BCUT2D eigenvalue weighted by Crippen LogP contribution is -2.35. The molecule has 0 heterocycles. The van der Waals surface area contributed by atoms with Crippen molar-refractivity contribution in [1.82, 2.24) is 0 Å². The van der Waals surface area contributed by atoms with E-state index in [0.29, 0.717) is 34.4 Å². The highest BCUT2D eigenvalue weighted by atomic mass is 31.2. The molecule has 3 rings (SSSR count). The van der Waals surface area contributed by atoms with Gasteiger partial charge in [0.1, 0.15) is 5.75 Å². The summed E-state index contributed by atoms with van der Waals surface area (Å²) >= 11 is 0. The molecule has 0 saturated heterocycles. The number of rotatable bonds is 8. The number of hydrogen-bond acceptors (Lipinski definition) is 5. The van der Waals surface area contributed by atoms with E-state index < -0.39 is 13.2 Å². The first-order valence-corrected chi connectivity index (χ1v) is 13.2. The van der Waals surface area contributed by atoms with Crippen LogP contribution in [0.3, 0.4) is 0 Å². The second-order valence-electron chi connectivity index (χ2n) is 9.62. The Balaban J connectivity index is 2.02. The van der Waals surface area contributed by atoms with Gasteiger partial charge in [-0.1, -0.05) is 39.3 Å². The smallest absolute Gasteiger partial charge is 0.264 e. The highest BCUT2D eigenvalue weighted by Gasteiger charge is 2.42. The Labute approximate surface area is 193 Å². The lowest BCUT2D eigenvalue weighted by atomic mass is 9.75. The zero-order valence-electron chi connectivity index (χ0n) is 20.2. The summed E-state index contributed by atoms with van der Waals surface area (Å²) in [5.74, 6) is 0.702. The van der Waals surface area contributed by atoms with E-state index in [-0.39, 0.29) is 6.10 Å². The van der Waals surface area contributed by atoms with Crippen molar-refractivity contribution in [3.63, 3.8) is 0 Å². The standard InChI is InChI=1S/C26H38NO4P/c1-18(2)24-16-7-19(3)17-25(24)31-32(29,23-14-10-21(11-15-23)27(4)5)26(28)20-8-12-22(30-6)13-9-20/h8-15,18-19,24-26,28H,7,16-17H2,1-6H3/t19-,24-,25+,26-,32-/m0/s1. The second-order valence-corrected chi connectivity index (χ2v) is 12.0. The van der Waals surface area contributed by atoms with Crippen molar-refractivity contribution in [2.75, 3.05) is 26.1 Å². The monoisotopic (exact) mass is 459 g/mol. The van der Waals surface area contributed by atoms with Gasteiger partial charge in [0.2, 0.25) is 0 Å². The van der Waals surface area contributed by atoms with Gasteiger partial charge in [0, 0.05) is 25.1 Å². The van der Waals surface area contributed by atoms with Gasteiger partial charge in [-0.25, -0.2) is 0 Å². The average molecular weight is 460 g/mol. The summed E-state index contributed by atoms with van der Waals surface area (Å²) in [6.07, 6.45) is 2.93. The molecular formula is C26H38NO4P. The number of methoxy groups -OCH3 is 1. The van der Waals surface area contributed by atoms with E-state index in [4.69, 9.17) is 9.26 Å². The predicted molar refractivity (Wildman–Crippen MR) is 132 cm³/mol. The van der Waals surface area contributed by atoms with E-state index in [1.54, 1.807) is 31.4 Å². The molecule has 6 heteroatoms. The molecule has 0 radical (unpaired) electrons. The summed E-state index contributed by atoms with van der Waals surface area (Å²) in [4.78, 5) is 1.99. The van der Waals surface area contributed by atoms with Gasteiger partial charge in [0.05, 0.1) is 13.2 Å². The highest BCUT2D eigenvalue weighted by Crippen LogP contribution is 2.60. The van der Waals surface area contributed by atoms with Gasteiger partial charge in [-0.2, -0.15) is 0 Å². The fourth-order valence-electron chi connectivity index (χ4n) is 4.63. The lowest BCUT2D eigenvalue weighted by molar-refractivity contribution is 0.0427. The van der Waals surface area contributed by atoms with E-state index in [1.165, 1.54) is 0 Å². The molecule has 32 heavy (non-hydrogen) atoms. The molecule has 5 atom stereocenters. The highest BCUT2D eigenvalue weighted by molar-refractivity contribution is 7.67. The minimum atomic E-state index is -3.63. The van der Waals surface area contributed by atoms with Crippen molar-refractivity contribution in [2.24, 2.45) is 17.8 Å². The number of aliphatic hydroxyl groups excluding tert-OH is 1. The van der Waals surface area contributed by atoms with Crippen molar-refractivity contribution in [3.8, 4) is 5.75 Å². The van der Waals surface area contributed by atoms with E-state index in [2.05, 4.69) is 20.8 Å². The number of aliphatic hydroxyl groups is 1. The number of ether oxygens (including phenoxy) is 1. The maximum absolute atomic E-state index is 14.6. The van der Waals surface area contributed by atoms with Crippen LogP contribution in [0.2, 0.25) is 0 Å². The topological polar surface area (TPSA) is 59.0 Å². The van der Waals surface area contributed by atoms with Crippen molar-refractivity contribution in [2.45, 2.75) is 52.0 Å². The van der Waals surface area contributed by atoms with Gasteiger partial charge in [0.25, 0.3) is 7.37 Å². The number of hydrogen-bond donors (Lipinski definition) is 1. The molecule has 1 fully saturated rings. The normalized spacial score (nSPS) is 24.1. The summed E-state index contributed by atoms with van der Waals surface area (Å²) in [5, 5.41) is 12.0. The van der Waals surface area contributed by atoms with E-state index >= 15 is 0 Å². The molecule has 1 aliphatic rings. The molecule has 176 valence electrons. The summed E-state index contributed by atoms with van der Waals surface area (Å²) < 4.78 is 26.4. The zero-order chi connectivity index (χ0) is 23.5. The first-order valence-electron chi connectivity index (χ1n) is 11.5. The van der Waals surface area contributed by atoms with Crippen LogP contribution >= 0.6 is 7.37 Å². The van der Waals surface area contributed by atoms with Gasteiger partial charge >= 0.3 is 0 Å². The van der Waals surface area contributed by atoms with Crippen LogP contribution in [0.15, 0.2) is 48.5 Å². The Morgan fingerprint density at radius 3 is 2.19 bits per heavy atom. The maximum Gasteiger partial charge on any atom is 0.264 e. The molecule has 0 aromatic heterocycles. The number of benzene rings is 2. The van der Waals surface area contributed by atoms with Crippen molar-refractivity contribution < 1.29 is 18.9 Å². The molecule has 1 aliphatic carbocycles. The maximum atomic E-state index is 14.6.